The quantitative estimate of drug-likeness (QED) is 0.800. The van der Waals surface area contributed by atoms with Crippen molar-refractivity contribution in [3.05, 3.63) is 34.9 Å². The van der Waals surface area contributed by atoms with E-state index in [0.29, 0.717) is 10.6 Å². The van der Waals surface area contributed by atoms with Crippen molar-refractivity contribution in [3.63, 3.8) is 0 Å². The third-order valence-corrected chi connectivity index (χ3v) is 2.65. The number of benzene rings is 1. The lowest BCUT2D eigenvalue weighted by Gasteiger charge is -2.04. The van der Waals surface area contributed by atoms with Crippen molar-refractivity contribution < 1.29 is 19.5 Å². The van der Waals surface area contributed by atoms with Gasteiger partial charge in [-0.25, -0.2) is 0 Å². The fourth-order valence-electron chi connectivity index (χ4n) is 1.41. The second-order valence-electron chi connectivity index (χ2n) is 3.98. The Balaban J connectivity index is 2.31. The van der Waals surface area contributed by atoms with Crippen LogP contribution >= 0.6 is 11.6 Å². The molecule has 19 heavy (non-hydrogen) atoms. The van der Waals surface area contributed by atoms with E-state index in [9.17, 15) is 14.4 Å². The number of carboxylic acids is 1. The smallest absolute Gasteiger partial charge is 0.303 e. The average molecular weight is 284 g/mol. The molecule has 1 amide bonds. The fraction of sp³-hybridized carbons (Fsp3) is 0.308. The first-order valence-corrected chi connectivity index (χ1v) is 6.14. The highest BCUT2D eigenvalue weighted by Gasteiger charge is 2.08. The van der Waals surface area contributed by atoms with Crippen LogP contribution in [0.25, 0.3) is 0 Å². The van der Waals surface area contributed by atoms with Gasteiger partial charge < -0.3 is 10.4 Å². The number of carbonyl (C=O) groups is 3. The number of amides is 1. The first-order chi connectivity index (χ1) is 8.99. The van der Waals surface area contributed by atoms with Crippen LogP contribution in [0, 0.1) is 0 Å². The number of hydrogen-bond acceptors (Lipinski definition) is 3. The lowest BCUT2D eigenvalue weighted by Crippen LogP contribution is -2.29. The molecule has 1 aromatic carbocycles. The highest BCUT2D eigenvalue weighted by molar-refractivity contribution is 6.30. The van der Waals surface area contributed by atoms with Gasteiger partial charge in [0.05, 0.1) is 6.54 Å². The number of Topliss-reactive ketones (excluding diaryl/α,β-unsaturated/α-hetero) is 1. The zero-order valence-electron chi connectivity index (χ0n) is 10.2. The topological polar surface area (TPSA) is 83.5 Å². The molecular weight excluding hydrogens is 270 g/mol. The normalized spacial score (nSPS) is 9.95. The van der Waals surface area contributed by atoms with Crippen LogP contribution in [-0.2, 0) is 9.59 Å². The van der Waals surface area contributed by atoms with Crippen LogP contribution in [-0.4, -0.2) is 29.3 Å². The number of carbonyl (C=O) groups excluding carboxylic acids is 2. The van der Waals surface area contributed by atoms with Crippen molar-refractivity contribution in [2.24, 2.45) is 0 Å². The third-order valence-electron chi connectivity index (χ3n) is 2.40. The van der Waals surface area contributed by atoms with Crippen molar-refractivity contribution >= 4 is 29.3 Å². The van der Waals surface area contributed by atoms with Gasteiger partial charge in [0.25, 0.3) is 5.91 Å². The highest BCUT2D eigenvalue weighted by atomic mass is 35.5. The van der Waals surface area contributed by atoms with E-state index in [-0.39, 0.29) is 37.5 Å². The number of aliphatic carboxylic acids is 1. The van der Waals surface area contributed by atoms with Crippen LogP contribution in [0.3, 0.4) is 0 Å². The van der Waals surface area contributed by atoms with Crippen LogP contribution < -0.4 is 5.32 Å². The Labute approximate surface area is 115 Å². The van der Waals surface area contributed by atoms with Crippen molar-refractivity contribution in [1.29, 1.82) is 0 Å². The summed E-state index contributed by atoms with van der Waals surface area (Å²) in [7, 11) is 0. The summed E-state index contributed by atoms with van der Waals surface area (Å²) in [5.74, 6) is -1.48. The van der Waals surface area contributed by atoms with E-state index < -0.39 is 5.97 Å². The molecule has 5 nitrogen and oxygen atoms in total. The Kier molecular flexibility index (Phi) is 6.02. The molecule has 0 radical (unpaired) electrons. The Morgan fingerprint density at radius 1 is 1.11 bits per heavy atom. The van der Waals surface area contributed by atoms with Crippen LogP contribution in [0.1, 0.15) is 29.6 Å². The van der Waals surface area contributed by atoms with Crippen molar-refractivity contribution in [2.45, 2.75) is 19.3 Å². The minimum Gasteiger partial charge on any atom is -0.481 e. The minimum absolute atomic E-state index is 0.0448. The molecule has 0 bridgehead atoms. The number of halogens is 1. The first-order valence-electron chi connectivity index (χ1n) is 5.76. The van der Waals surface area contributed by atoms with E-state index in [0.717, 1.165) is 0 Å². The lowest BCUT2D eigenvalue weighted by atomic mass is 10.1. The summed E-state index contributed by atoms with van der Waals surface area (Å²) in [4.78, 5) is 33.3. The fourth-order valence-corrected chi connectivity index (χ4v) is 1.53. The Morgan fingerprint density at radius 3 is 2.32 bits per heavy atom. The van der Waals surface area contributed by atoms with Gasteiger partial charge in [0, 0.05) is 23.4 Å². The van der Waals surface area contributed by atoms with E-state index >= 15 is 0 Å². The molecule has 0 unspecified atom stereocenters. The minimum atomic E-state index is -0.932. The van der Waals surface area contributed by atoms with E-state index in [1.807, 2.05) is 0 Å². The van der Waals surface area contributed by atoms with Gasteiger partial charge in [0.1, 0.15) is 0 Å². The number of ketones is 1. The lowest BCUT2D eigenvalue weighted by molar-refractivity contribution is -0.137. The van der Waals surface area contributed by atoms with Crippen molar-refractivity contribution in [2.75, 3.05) is 6.54 Å². The van der Waals surface area contributed by atoms with Crippen molar-refractivity contribution in [1.82, 2.24) is 5.32 Å². The van der Waals surface area contributed by atoms with Gasteiger partial charge in [-0.15, -0.1) is 0 Å². The molecule has 2 N–H and O–H groups in total. The largest absolute Gasteiger partial charge is 0.481 e. The molecule has 0 atom stereocenters. The van der Waals surface area contributed by atoms with Crippen LogP contribution in [0.4, 0.5) is 0 Å². The zero-order chi connectivity index (χ0) is 14.3. The summed E-state index contributed by atoms with van der Waals surface area (Å²) in [5.41, 5.74) is 0.419. The standard InChI is InChI=1S/C13H14ClNO4/c14-10-6-4-9(5-7-10)13(19)15-8-11(16)2-1-3-12(17)18/h4-7H,1-3,8H2,(H,15,19)(H,17,18). The Hall–Kier alpha value is -1.88. The second kappa shape index (κ2) is 7.53. The number of hydrogen-bond donors (Lipinski definition) is 2. The van der Waals surface area contributed by atoms with Crippen LogP contribution in [0.2, 0.25) is 5.02 Å². The SMILES string of the molecule is O=C(O)CCCC(=O)CNC(=O)c1ccc(Cl)cc1. The van der Waals surface area contributed by atoms with E-state index in [2.05, 4.69) is 5.32 Å². The van der Waals surface area contributed by atoms with Gasteiger partial charge in [0.15, 0.2) is 5.78 Å². The average Bonchev–Trinajstić information content (AvgIpc) is 2.36. The molecule has 0 aliphatic rings. The van der Waals surface area contributed by atoms with Gasteiger partial charge in [-0.2, -0.15) is 0 Å². The second-order valence-corrected chi connectivity index (χ2v) is 4.41. The molecule has 1 aromatic rings. The first kappa shape index (κ1) is 15.2. The van der Waals surface area contributed by atoms with Gasteiger partial charge in [-0.1, -0.05) is 11.6 Å². The summed E-state index contributed by atoms with van der Waals surface area (Å²) in [6.07, 6.45) is 0.384. The molecule has 0 aliphatic heterocycles. The third kappa shape index (κ3) is 6.01. The molecule has 0 aliphatic carbocycles. The number of carboxylic acid groups (broad SMARTS) is 1. The predicted molar refractivity (Wildman–Crippen MR) is 70.3 cm³/mol. The summed E-state index contributed by atoms with van der Waals surface area (Å²) >= 11 is 5.69. The van der Waals surface area contributed by atoms with Gasteiger partial charge in [-0.05, 0) is 30.7 Å². The summed E-state index contributed by atoms with van der Waals surface area (Å²) in [6, 6.07) is 6.30. The number of rotatable bonds is 7. The maximum atomic E-state index is 11.6. The molecule has 0 saturated heterocycles. The molecule has 6 heteroatoms. The van der Waals surface area contributed by atoms with Gasteiger partial charge in [-0.3, -0.25) is 14.4 Å². The molecule has 0 saturated carbocycles. The molecule has 102 valence electrons. The molecular formula is C13H14ClNO4. The molecule has 1 rings (SSSR count). The van der Waals surface area contributed by atoms with Gasteiger partial charge >= 0.3 is 5.97 Å². The van der Waals surface area contributed by atoms with Crippen LogP contribution in [0.15, 0.2) is 24.3 Å². The monoisotopic (exact) mass is 283 g/mol. The Morgan fingerprint density at radius 2 is 1.74 bits per heavy atom. The number of nitrogens with one attached hydrogen (secondary N) is 1. The summed E-state index contributed by atoms with van der Waals surface area (Å²) in [6.45, 7) is -0.0962. The summed E-state index contributed by atoms with van der Waals surface area (Å²) in [5, 5.41) is 11.4. The maximum absolute atomic E-state index is 11.6. The molecule has 0 spiro atoms. The predicted octanol–water partition coefficient (Wildman–Crippen LogP) is 1.89. The van der Waals surface area contributed by atoms with E-state index in [1.165, 1.54) is 0 Å². The summed E-state index contributed by atoms with van der Waals surface area (Å²) < 4.78 is 0. The zero-order valence-corrected chi connectivity index (χ0v) is 10.9. The molecule has 0 fully saturated rings. The molecule has 0 heterocycles. The highest BCUT2D eigenvalue weighted by Crippen LogP contribution is 2.09. The van der Waals surface area contributed by atoms with Gasteiger partial charge in [0.2, 0.25) is 0 Å². The van der Waals surface area contributed by atoms with E-state index in [4.69, 9.17) is 16.7 Å². The van der Waals surface area contributed by atoms with E-state index in [1.54, 1.807) is 24.3 Å². The van der Waals surface area contributed by atoms with Crippen LogP contribution in [0.5, 0.6) is 0 Å². The maximum Gasteiger partial charge on any atom is 0.303 e. The van der Waals surface area contributed by atoms with Crippen molar-refractivity contribution in [3.8, 4) is 0 Å². The Bertz CT molecular complexity index is 470. The molecule has 0 aromatic heterocycles.